The second-order valence-electron chi connectivity index (χ2n) is 5.21. The fraction of sp³-hybridized carbons (Fsp3) is 0.615. The lowest BCUT2D eigenvalue weighted by atomic mass is 10.1. The Morgan fingerprint density at radius 2 is 1.84 bits per heavy atom. The lowest BCUT2D eigenvalue weighted by Crippen LogP contribution is -2.21. The van der Waals surface area contributed by atoms with Crippen LogP contribution in [0.3, 0.4) is 0 Å². The number of hydrogen-bond acceptors (Lipinski definition) is 5. The molecule has 1 aromatic heterocycles. The van der Waals surface area contributed by atoms with E-state index in [1.54, 1.807) is 0 Å². The predicted molar refractivity (Wildman–Crippen MR) is 80.9 cm³/mol. The number of primary amides is 1. The molecule has 1 rings (SSSR count). The molecule has 0 saturated carbocycles. The largest absolute Gasteiger partial charge is 0.486 e. The van der Waals surface area contributed by atoms with Crippen LogP contribution < -0.4 is 21.5 Å². The molecule has 19 heavy (non-hydrogen) atoms. The van der Waals surface area contributed by atoms with Gasteiger partial charge in [0, 0.05) is 6.04 Å². The van der Waals surface area contributed by atoms with Crippen molar-refractivity contribution in [2.45, 2.75) is 46.8 Å². The molecule has 1 atom stereocenters. The Kier molecular flexibility index (Phi) is 5.05. The van der Waals surface area contributed by atoms with E-state index in [-0.39, 0.29) is 12.1 Å². The van der Waals surface area contributed by atoms with Gasteiger partial charge >= 0.3 is 0 Å². The second kappa shape index (κ2) is 6.14. The number of thiophene rings is 1. The minimum Gasteiger partial charge on any atom is -0.486 e. The lowest BCUT2D eigenvalue weighted by molar-refractivity contribution is 0.100. The van der Waals surface area contributed by atoms with Crippen LogP contribution in [0.15, 0.2) is 0 Å². The number of nitrogen functional groups attached to an aromatic ring is 1. The van der Waals surface area contributed by atoms with Crippen molar-refractivity contribution < 1.29 is 9.53 Å². The van der Waals surface area contributed by atoms with Crippen LogP contribution in [-0.4, -0.2) is 18.1 Å². The van der Waals surface area contributed by atoms with Gasteiger partial charge in [-0.15, -0.1) is 11.3 Å². The zero-order valence-electron chi connectivity index (χ0n) is 12.1. The molecule has 0 spiro atoms. The van der Waals surface area contributed by atoms with Crippen molar-refractivity contribution in [3.8, 4) is 5.75 Å². The molecular weight excluding hydrogens is 262 g/mol. The van der Waals surface area contributed by atoms with Crippen molar-refractivity contribution in [3.05, 3.63) is 4.88 Å². The number of nitrogens with one attached hydrogen (secondary N) is 1. The highest BCUT2D eigenvalue weighted by atomic mass is 32.1. The first-order valence-electron chi connectivity index (χ1n) is 6.39. The Morgan fingerprint density at radius 1 is 1.26 bits per heavy atom. The van der Waals surface area contributed by atoms with E-state index in [0.29, 0.717) is 22.2 Å². The van der Waals surface area contributed by atoms with E-state index in [4.69, 9.17) is 16.2 Å². The number of anilines is 2. The summed E-state index contributed by atoms with van der Waals surface area (Å²) in [4.78, 5) is 11.7. The monoisotopic (exact) mass is 285 g/mol. The summed E-state index contributed by atoms with van der Waals surface area (Å²) in [7, 11) is 0. The molecule has 1 heterocycles. The molecule has 0 aliphatic carbocycles. The van der Waals surface area contributed by atoms with Crippen LogP contribution in [0.1, 0.15) is 44.3 Å². The van der Waals surface area contributed by atoms with Crippen LogP contribution in [0.4, 0.5) is 10.7 Å². The highest BCUT2D eigenvalue weighted by Gasteiger charge is 2.23. The number of carbonyl (C=O) groups is 1. The minimum absolute atomic E-state index is 0.0208. The minimum atomic E-state index is -0.527. The summed E-state index contributed by atoms with van der Waals surface area (Å²) in [6.07, 6.45) is -0.0208. The van der Waals surface area contributed by atoms with Crippen LogP contribution >= 0.6 is 11.3 Å². The standard InChI is InChI=1S/C13H23N3O2S/c1-6(2)8(5)16-13-10(18-7(3)4)9(14)11(19-13)12(15)17/h6-8,16H,14H2,1-5H3,(H2,15,17). The van der Waals surface area contributed by atoms with Gasteiger partial charge in [0.25, 0.3) is 5.91 Å². The van der Waals surface area contributed by atoms with Crippen LogP contribution in [0, 0.1) is 5.92 Å². The number of ether oxygens (including phenoxy) is 1. The molecule has 0 fully saturated rings. The predicted octanol–water partition coefficient (Wildman–Crippen LogP) is 2.67. The van der Waals surface area contributed by atoms with Crippen molar-refractivity contribution in [1.29, 1.82) is 0 Å². The number of carbonyl (C=O) groups excluding carboxylic acids is 1. The summed E-state index contributed by atoms with van der Waals surface area (Å²) in [5, 5.41) is 4.10. The summed E-state index contributed by atoms with van der Waals surface area (Å²) >= 11 is 1.25. The van der Waals surface area contributed by atoms with E-state index in [1.807, 2.05) is 13.8 Å². The van der Waals surface area contributed by atoms with E-state index >= 15 is 0 Å². The average Bonchev–Trinajstić information content (AvgIpc) is 2.57. The van der Waals surface area contributed by atoms with E-state index in [0.717, 1.165) is 5.00 Å². The molecule has 0 radical (unpaired) electrons. The Morgan fingerprint density at radius 3 is 2.26 bits per heavy atom. The Labute approximate surface area is 118 Å². The fourth-order valence-electron chi connectivity index (χ4n) is 1.43. The molecule has 108 valence electrons. The Balaban J connectivity index is 3.13. The van der Waals surface area contributed by atoms with Gasteiger partial charge < -0.3 is 21.5 Å². The first-order chi connectivity index (χ1) is 8.73. The zero-order valence-corrected chi connectivity index (χ0v) is 12.9. The van der Waals surface area contributed by atoms with Gasteiger partial charge in [0.15, 0.2) is 5.75 Å². The molecule has 0 bridgehead atoms. The number of rotatable bonds is 6. The van der Waals surface area contributed by atoms with Crippen molar-refractivity contribution in [2.24, 2.45) is 11.7 Å². The second-order valence-corrected chi connectivity index (χ2v) is 6.23. The topological polar surface area (TPSA) is 90.4 Å². The number of nitrogens with two attached hydrogens (primary N) is 2. The first kappa shape index (κ1) is 15.6. The summed E-state index contributed by atoms with van der Waals surface area (Å²) < 4.78 is 5.70. The molecule has 0 saturated heterocycles. The molecule has 1 aromatic rings. The third-order valence-corrected chi connectivity index (χ3v) is 3.97. The highest BCUT2D eigenvalue weighted by Crippen LogP contribution is 2.43. The quantitative estimate of drug-likeness (QED) is 0.749. The molecule has 0 aliphatic heterocycles. The average molecular weight is 285 g/mol. The third-order valence-electron chi connectivity index (χ3n) is 2.84. The van der Waals surface area contributed by atoms with Gasteiger partial charge in [0.2, 0.25) is 0 Å². The highest BCUT2D eigenvalue weighted by molar-refractivity contribution is 7.19. The molecule has 1 amide bonds. The van der Waals surface area contributed by atoms with Gasteiger partial charge in [-0.1, -0.05) is 13.8 Å². The maximum Gasteiger partial charge on any atom is 0.261 e. The van der Waals surface area contributed by atoms with Gasteiger partial charge in [-0.05, 0) is 26.7 Å². The molecule has 5 nitrogen and oxygen atoms in total. The molecule has 1 unspecified atom stereocenters. The third kappa shape index (κ3) is 3.76. The van der Waals surface area contributed by atoms with Crippen molar-refractivity contribution >= 4 is 27.9 Å². The van der Waals surface area contributed by atoms with E-state index in [9.17, 15) is 4.79 Å². The van der Waals surface area contributed by atoms with E-state index in [1.165, 1.54) is 11.3 Å². The van der Waals surface area contributed by atoms with E-state index in [2.05, 4.69) is 26.1 Å². The molecule has 0 aromatic carbocycles. The van der Waals surface area contributed by atoms with Crippen LogP contribution in [0.25, 0.3) is 0 Å². The number of hydrogen-bond donors (Lipinski definition) is 3. The maximum atomic E-state index is 11.4. The van der Waals surface area contributed by atoms with Gasteiger partial charge in [0.05, 0.1) is 6.10 Å². The maximum absolute atomic E-state index is 11.4. The molecule has 6 heteroatoms. The summed E-state index contributed by atoms with van der Waals surface area (Å²) in [5.41, 5.74) is 11.6. The van der Waals surface area contributed by atoms with Crippen molar-refractivity contribution in [1.82, 2.24) is 0 Å². The lowest BCUT2D eigenvalue weighted by Gasteiger charge is -2.19. The van der Waals surface area contributed by atoms with Gasteiger partial charge in [0.1, 0.15) is 15.6 Å². The van der Waals surface area contributed by atoms with Gasteiger partial charge in [-0.3, -0.25) is 4.79 Å². The van der Waals surface area contributed by atoms with Crippen molar-refractivity contribution in [2.75, 3.05) is 11.1 Å². The first-order valence-corrected chi connectivity index (χ1v) is 7.20. The zero-order chi connectivity index (χ0) is 14.7. The van der Waals surface area contributed by atoms with Crippen LogP contribution in [-0.2, 0) is 0 Å². The van der Waals surface area contributed by atoms with Crippen molar-refractivity contribution in [3.63, 3.8) is 0 Å². The van der Waals surface area contributed by atoms with Gasteiger partial charge in [-0.2, -0.15) is 0 Å². The summed E-state index contributed by atoms with van der Waals surface area (Å²) in [5.74, 6) is 0.454. The summed E-state index contributed by atoms with van der Waals surface area (Å²) in [6.45, 7) is 10.1. The van der Waals surface area contributed by atoms with E-state index < -0.39 is 5.91 Å². The molecule has 5 N–H and O–H groups in total. The van der Waals surface area contributed by atoms with Crippen LogP contribution in [0.2, 0.25) is 0 Å². The Hall–Kier alpha value is -1.43. The summed E-state index contributed by atoms with van der Waals surface area (Å²) in [6, 6.07) is 0.244. The molecular formula is C13H23N3O2S. The fourth-order valence-corrected chi connectivity index (χ4v) is 2.44. The smallest absolute Gasteiger partial charge is 0.261 e. The normalized spacial score (nSPS) is 12.8. The number of amides is 1. The van der Waals surface area contributed by atoms with Gasteiger partial charge in [-0.25, -0.2) is 0 Å². The Bertz CT molecular complexity index is 455. The van der Waals surface area contributed by atoms with Crippen LogP contribution in [0.5, 0.6) is 5.75 Å². The molecule has 0 aliphatic rings. The SMILES string of the molecule is CC(C)Oc1c(NC(C)C(C)C)sc(C(N)=O)c1N.